The molecular weight excluding hydrogens is 547 g/mol. The molecular formula is C30H38BrN2O3P. The van der Waals surface area contributed by atoms with Crippen LogP contribution in [0.2, 0.25) is 0 Å². The standard InChI is InChI=1S/C30H37N2O3P.BrH/c1-30(2,3)35-29(34)27(20-13-22-31)32-28(33)21-23-36(24-14-7-4-8-15-24,25-16-9-5-10-17-25)26-18-11-6-12-19-26;/h4-12,14-19,27H,13,20-23,31H2,1-3H3;1H. The predicted molar refractivity (Wildman–Crippen MR) is 151 cm³/mol. The van der Waals surface area contributed by atoms with E-state index in [1.165, 1.54) is 15.9 Å². The number of amides is 1. The molecule has 1 atom stereocenters. The second-order valence-electron chi connectivity index (χ2n) is 9.87. The number of carbonyl (C=O) groups excluding carboxylic acids is 2. The Kier molecular flexibility index (Phi) is 12.0. The van der Waals surface area contributed by atoms with Gasteiger partial charge in [0, 0.05) is 0 Å². The molecule has 0 bridgehead atoms. The molecule has 3 aromatic carbocycles. The van der Waals surface area contributed by atoms with E-state index >= 15 is 0 Å². The van der Waals surface area contributed by atoms with Crippen LogP contribution in [0.25, 0.3) is 0 Å². The van der Waals surface area contributed by atoms with Crippen molar-refractivity contribution in [2.45, 2.75) is 51.7 Å². The molecule has 5 nitrogen and oxygen atoms in total. The molecule has 1 amide bonds. The molecule has 0 aliphatic rings. The molecule has 3 N–H and O–H groups in total. The largest absolute Gasteiger partial charge is 1.00 e. The van der Waals surface area contributed by atoms with Crippen molar-refractivity contribution in [1.82, 2.24) is 5.32 Å². The van der Waals surface area contributed by atoms with E-state index in [-0.39, 0.29) is 29.3 Å². The normalized spacial score (nSPS) is 12.2. The molecule has 0 radical (unpaired) electrons. The Labute approximate surface area is 232 Å². The van der Waals surface area contributed by atoms with Crippen molar-refractivity contribution in [2.75, 3.05) is 12.7 Å². The van der Waals surface area contributed by atoms with Crippen molar-refractivity contribution in [1.29, 1.82) is 0 Å². The average Bonchev–Trinajstić information content (AvgIpc) is 2.88. The number of hydrogen-bond donors (Lipinski definition) is 2. The highest BCUT2D eigenvalue weighted by atomic mass is 79.9. The first kappa shape index (κ1) is 30.7. The number of nitrogens with one attached hydrogen (secondary N) is 1. The molecule has 3 rings (SSSR count). The molecule has 0 aliphatic heterocycles. The van der Waals surface area contributed by atoms with Crippen molar-refractivity contribution in [3.8, 4) is 0 Å². The maximum absolute atomic E-state index is 13.3. The highest BCUT2D eigenvalue weighted by Gasteiger charge is 2.45. The van der Waals surface area contributed by atoms with Crippen molar-refractivity contribution in [2.24, 2.45) is 5.73 Å². The molecule has 0 aliphatic carbocycles. The van der Waals surface area contributed by atoms with E-state index in [1.54, 1.807) is 0 Å². The molecule has 1 unspecified atom stereocenters. The Morgan fingerprint density at radius 2 is 1.27 bits per heavy atom. The number of halogens is 1. The zero-order valence-corrected chi connectivity index (χ0v) is 24.4. The van der Waals surface area contributed by atoms with Gasteiger partial charge in [-0.1, -0.05) is 54.6 Å². The maximum atomic E-state index is 13.3. The van der Waals surface area contributed by atoms with Gasteiger partial charge in [-0.3, -0.25) is 4.79 Å². The Balaban J connectivity index is 0.00000481. The predicted octanol–water partition coefficient (Wildman–Crippen LogP) is 0.940. The van der Waals surface area contributed by atoms with Crippen molar-refractivity contribution < 1.29 is 31.3 Å². The van der Waals surface area contributed by atoms with E-state index in [2.05, 4.69) is 78.1 Å². The van der Waals surface area contributed by atoms with E-state index in [4.69, 9.17) is 10.5 Å². The van der Waals surface area contributed by atoms with Gasteiger partial charge in [0.1, 0.15) is 34.8 Å². The van der Waals surface area contributed by atoms with E-state index in [1.807, 2.05) is 39.0 Å². The number of rotatable bonds is 11. The minimum Gasteiger partial charge on any atom is -1.00 e. The van der Waals surface area contributed by atoms with Crippen LogP contribution in [-0.4, -0.2) is 36.2 Å². The summed E-state index contributed by atoms with van der Waals surface area (Å²) in [5.41, 5.74) is 5.06. The number of nitrogens with two attached hydrogens (primary N) is 1. The van der Waals surface area contributed by atoms with Gasteiger partial charge in [-0.05, 0) is 76.6 Å². The number of esters is 1. The first-order valence-electron chi connectivity index (χ1n) is 12.5. The second-order valence-corrected chi connectivity index (χ2v) is 13.5. The van der Waals surface area contributed by atoms with Gasteiger partial charge in [-0.2, -0.15) is 0 Å². The topological polar surface area (TPSA) is 81.4 Å². The van der Waals surface area contributed by atoms with E-state index in [0.717, 1.165) is 0 Å². The van der Waals surface area contributed by atoms with Crippen LogP contribution in [0.1, 0.15) is 40.0 Å². The van der Waals surface area contributed by atoms with Gasteiger partial charge in [-0.15, -0.1) is 0 Å². The number of carbonyl (C=O) groups is 2. The van der Waals surface area contributed by atoms with Crippen LogP contribution >= 0.6 is 7.26 Å². The van der Waals surface area contributed by atoms with Gasteiger partial charge < -0.3 is 32.8 Å². The van der Waals surface area contributed by atoms with Gasteiger partial charge in [0.2, 0.25) is 5.91 Å². The minimum atomic E-state index is -2.13. The van der Waals surface area contributed by atoms with Crippen LogP contribution in [0.3, 0.4) is 0 Å². The highest BCUT2D eigenvalue weighted by Crippen LogP contribution is 2.55. The number of hydrogen-bond acceptors (Lipinski definition) is 4. The van der Waals surface area contributed by atoms with Gasteiger partial charge in [0.25, 0.3) is 0 Å². The summed E-state index contributed by atoms with van der Waals surface area (Å²) in [5.74, 6) is -0.574. The molecule has 198 valence electrons. The molecule has 0 saturated heterocycles. The lowest BCUT2D eigenvalue weighted by Crippen LogP contribution is -3.00. The van der Waals surface area contributed by atoms with E-state index in [0.29, 0.717) is 25.5 Å². The van der Waals surface area contributed by atoms with Crippen LogP contribution in [0.4, 0.5) is 0 Å². The SMILES string of the molecule is CC(C)(C)OC(=O)C(CCCN)NC(=O)CC[P+](c1ccccc1)(c1ccccc1)c1ccccc1.[Br-]. The Morgan fingerprint density at radius 3 is 1.65 bits per heavy atom. The van der Waals surface area contributed by atoms with Crippen LogP contribution in [-0.2, 0) is 14.3 Å². The Morgan fingerprint density at radius 1 is 0.838 bits per heavy atom. The average molecular weight is 586 g/mol. The zero-order valence-electron chi connectivity index (χ0n) is 21.9. The molecule has 0 heterocycles. The molecule has 7 heteroatoms. The van der Waals surface area contributed by atoms with Gasteiger partial charge >= 0.3 is 5.97 Å². The van der Waals surface area contributed by atoms with Crippen molar-refractivity contribution >= 4 is 35.1 Å². The summed E-state index contributed by atoms with van der Waals surface area (Å²) in [5, 5.41) is 6.62. The molecule has 0 fully saturated rings. The molecule has 0 spiro atoms. The summed E-state index contributed by atoms with van der Waals surface area (Å²) in [4.78, 5) is 26.1. The monoisotopic (exact) mass is 584 g/mol. The van der Waals surface area contributed by atoms with E-state index in [9.17, 15) is 9.59 Å². The smallest absolute Gasteiger partial charge is 0.329 e. The highest BCUT2D eigenvalue weighted by molar-refractivity contribution is 7.95. The Hall–Kier alpha value is -2.53. The number of ether oxygens (including phenoxy) is 1. The molecule has 0 saturated carbocycles. The lowest BCUT2D eigenvalue weighted by molar-refractivity contribution is -0.158. The van der Waals surface area contributed by atoms with Crippen LogP contribution < -0.4 is 43.9 Å². The van der Waals surface area contributed by atoms with Gasteiger partial charge in [0.15, 0.2) is 0 Å². The molecule has 0 aromatic heterocycles. The van der Waals surface area contributed by atoms with Crippen LogP contribution in [0.15, 0.2) is 91.0 Å². The fraction of sp³-hybridized carbons (Fsp3) is 0.333. The van der Waals surface area contributed by atoms with Gasteiger partial charge in [-0.25, -0.2) is 4.79 Å². The van der Waals surface area contributed by atoms with E-state index < -0.39 is 24.9 Å². The summed E-state index contributed by atoms with van der Waals surface area (Å²) in [6.45, 7) is 5.92. The third-order valence-electron chi connectivity index (χ3n) is 5.99. The number of benzene rings is 3. The summed E-state index contributed by atoms with van der Waals surface area (Å²) >= 11 is 0. The molecule has 37 heavy (non-hydrogen) atoms. The Bertz CT molecular complexity index is 1010. The summed E-state index contributed by atoms with van der Waals surface area (Å²) < 4.78 is 5.56. The lowest BCUT2D eigenvalue weighted by Gasteiger charge is -2.28. The third kappa shape index (κ3) is 8.49. The first-order chi connectivity index (χ1) is 17.3. The molecule has 3 aromatic rings. The quantitative estimate of drug-likeness (QED) is 0.260. The van der Waals surface area contributed by atoms with Gasteiger partial charge in [0.05, 0.1) is 12.6 Å². The summed E-state index contributed by atoms with van der Waals surface area (Å²) in [6, 6.07) is 30.7. The van der Waals surface area contributed by atoms with Crippen molar-refractivity contribution in [3.05, 3.63) is 91.0 Å². The minimum absolute atomic E-state index is 0. The third-order valence-corrected chi connectivity index (χ3v) is 10.4. The van der Waals surface area contributed by atoms with Crippen LogP contribution in [0.5, 0.6) is 0 Å². The summed E-state index contributed by atoms with van der Waals surface area (Å²) in [6.07, 6.45) is 2.01. The fourth-order valence-electron chi connectivity index (χ4n) is 4.36. The van der Waals surface area contributed by atoms with Crippen molar-refractivity contribution in [3.63, 3.8) is 0 Å². The lowest BCUT2D eigenvalue weighted by atomic mass is 10.1. The van der Waals surface area contributed by atoms with Crippen LogP contribution in [0, 0.1) is 0 Å². The second kappa shape index (κ2) is 14.4. The maximum Gasteiger partial charge on any atom is 0.329 e. The summed E-state index contributed by atoms with van der Waals surface area (Å²) in [7, 11) is -2.13. The first-order valence-corrected chi connectivity index (χ1v) is 14.5. The fourth-order valence-corrected chi connectivity index (χ4v) is 8.61. The zero-order chi connectivity index (χ0) is 26.0.